The van der Waals surface area contributed by atoms with Crippen LogP contribution in [-0.4, -0.2) is 37.0 Å². The predicted molar refractivity (Wildman–Crippen MR) is 127 cm³/mol. The molecule has 0 unspecified atom stereocenters. The van der Waals surface area contributed by atoms with Gasteiger partial charge in [0.15, 0.2) is 0 Å². The van der Waals surface area contributed by atoms with Crippen LogP contribution in [0.3, 0.4) is 0 Å². The summed E-state index contributed by atoms with van der Waals surface area (Å²) in [6.45, 7) is 5.06. The summed E-state index contributed by atoms with van der Waals surface area (Å²) in [6.07, 6.45) is 0. The van der Waals surface area contributed by atoms with Crippen LogP contribution in [0.15, 0.2) is 77.3 Å². The van der Waals surface area contributed by atoms with Gasteiger partial charge in [-0.2, -0.15) is 0 Å². The van der Waals surface area contributed by atoms with Crippen LogP contribution in [0.2, 0.25) is 5.02 Å². The first-order valence-electron chi connectivity index (χ1n) is 9.96. The van der Waals surface area contributed by atoms with Crippen LogP contribution in [0.1, 0.15) is 15.9 Å². The highest BCUT2D eigenvalue weighted by atomic mass is 79.9. The molecule has 4 nitrogen and oxygen atoms in total. The zero-order valence-electron chi connectivity index (χ0n) is 16.5. The van der Waals surface area contributed by atoms with E-state index >= 15 is 0 Å². The van der Waals surface area contributed by atoms with Gasteiger partial charge in [0.2, 0.25) is 0 Å². The molecule has 0 atom stereocenters. The van der Waals surface area contributed by atoms with E-state index in [4.69, 9.17) is 11.6 Å². The van der Waals surface area contributed by atoms with Crippen molar-refractivity contribution in [2.24, 2.45) is 0 Å². The lowest BCUT2D eigenvalue weighted by atomic mass is 10.1. The van der Waals surface area contributed by atoms with Crippen LogP contribution >= 0.6 is 27.5 Å². The molecule has 1 saturated heterocycles. The number of piperazine rings is 1. The number of hydrogen-bond donors (Lipinski definition) is 1. The maximum Gasteiger partial charge on any atom is 0.257 e. The number of rotatable bonds is 5. The molecule has 3 aromatic rings. The van der Waals surface area contributed by atoms with E-state index in [0.29, 0.717) is 10.6 Å². The maximum absolute atomic E-state index is 12.5. The lowest BCUT2D eigenvalue weighted by Gasteiger charge is -2.36. The lowest BCUT2D eigenvalue weighted by Crippen LogP contribution is -2.45. The van der Waals surface area contributed by atoms with E-state index < -0.39 is 0 Å². The monoisotopic (exact) mass is 483 g/mol. The number of carbonyl (C=O) groups is 1. The first-order chi connectivity index (χ1) is 14.6. The molecule has 0 saturated carbocycles. The van der Waals surface area contributed by atoms with Crippen molar-refractivity contribution in [2.75, 3.05) is 36.4 Å². The Morgan fingerprint density at radius 3 is 2.33 bits per heavy atom. The van der Waals surface area contributed by atoms with Gasteiger partial charge in [-0.25, -0.2) is 0 Å². The molecule has 0 aliphatic carbocycles. The molecule has 30 heavy (non-hydrogen) atoms. The highest BCUT2D eigenvalue weighted by molar-refractivity contribution is 9.10. The fourth-order valence-corrected chi connectivity index (χ4v) is 4.20. The number of benzene rings is 3. The maximum atomic E-state index is 12.5. The van der Waals surface area contributed by atoms with Crippen LogP contribution in [0.4, 0.5) is 11.4 Å². The van der Waals surface area contributed by atoms with Crippen molar-refractivity contribution in [3.8, 4) is 0 Å². The molecule has 1 aliphatic heterocycles. The standard InChI is InChI=1S/C24H23BrClN3O/c25-19-6-11-23(26)22(16-19)24(30)27-20-7-9-21(10-8-20)29-14-12-28(13-15-29)17-18-4-2-1-3-5-18/h1-11,16H,12-15,17H2,(H,27,30). The van der Waals surface area contributed by atoms with Crippen molar-refractivity contribution in [3.05, 3.63) is 93.4 Å². The summed E-state index contributed by atoms with van der Waals surface area (Å²) in [4.78, 5) is 17.4. The molecule has 1 fully saturated rings. The SMILES string of the molecule is O=C(Nc1ccc(N2CCN(Cc3ccccc3)CC2)cc1)c1cc(Br)ccc1Cl. The molecule has 1 amide bonds. The van der Waals surface area contributed by atoms with Crippen LogP contribution in [0.25, 0.3) is 0 Å². The van der Waals surface area contributed by atoms with Gasteiger partial charge in [0.25, 0.3) is 5.91 Å². The predicted octanol–water partition coefficient (Wildman–Crippen LogP) is 5.68. The highest BCUT2D eigenvalue weighted by Crippen LogP contribution is 2.24. The molecule has 6 heteroatoms. The van der Waals surface area contributed by atoms with Crippen LogP contribution in [0.5, 0.6) is 0 Å². The Bertz CT molecular complexity index is 1000. The normalized spacial score (nSPS) is 14.5. The zero-order chi connectivity index (χ0) is 20.9. The average molecular weight is 485 g/mol. The first kappa shape index (κ1) is 20.9. The number of halogens is 2. The van der Waals surface area contributed by atoms with Gasteiger partial charge in [0.1, 0.15) is 0 Å². The Kier molecular flexibility index (Phi) is 6.72. The van der Waals surface area contributed by atoms with Crippen molar-refractivity contribution in [1.29, 1.82) is 0 Å². The second kappa shape index (κ2) is 9.65. The van der Waals surface area contributed by atoms with Gasteiger partial charge >= 0.3 is 0 Å². The smallest absolute Gasteiger partial charge is 0.257 e. The number of amides is 1. The third-order valence-electron chi connectivity index (χ3n) is 5.28. The van der Waals surface area contributed by atoms with E-state index in [1.165, 1.54) is 11.3 Å². The number of carbonyl (C=O) groups excluding carboxylic acids is 1. The van der Waals surface area contributed by atoms with Crippen molar-refractivity contribution >= 4 is 44.8 Å². The molecular weight excluding hydrogens is 462 g/mol. The Labute approximate surface area is 190 Å². The van der Waals surface area contributed by atoms with Gasteiger partial charge in [0.05, 0.1) is 10.6 Å². The Morgan fingerprint density at radius 1 is 0.933 bits per heavy atom. The third-order valence-corrected chi connectivity index (χ3v) is 6.11. The second-order valence-corrected chi connectivity index (χ2v) is 8.70. The van der Waals surface area contributed by atoms with E-state index in [-0.39, 0.29) is 5.91 Å². The van der Waals surface area contributed by atoms with Gasteiger partial charge in [0, 0.05) is 48.6 Å². The zero-order valence-corrected chi connectivity index (χ0v) is 18.9. The van der Waals surface area contributed by atoms with Gasteiger partial charge in [-0.15, -0.1) is 0 Å². The molecule has 154 valence electrons. The molecule has 1 heterocycles. The summed E-state index contributed by atoms with van der Waals surface area (Å²) in [5.74, 6) is -0.219. The Morgan fingerprint density at radius 2 is 1.63 bits per heavy atom. The molecule has 0 aromatic heterocycles. The molecule has 1 N–H and O–H groups in total. The fraction of sp³-hybridized carbons (Fsp3) is 0.208. The summed E-state index contributed by atoms with van der Waals surface area (Å²) in [5.41, 5.74) is 3.73. The first-order valence-corrected chi connectivity index (χ1v) is 11.1. The van der Waals surface area contributed by atoms with E-state index in [1.54, 1.807) is 12.1 Å². The van der Waals surface area contributed by atoms with Crippen molar-refractivity contribution < 1.29 is 4.79 Å². The minimum atomic E-state index is -0.219. The lowest BCUT2D eigenvalue weighted by molar-refractivity contribution is 0.102. The van der Waals surface area contributed by atoms with E-state index in [2.05, 4.69) is 73.5 Å². The highest BCUT2D eigenvalue weighted by Gasteiger charge is 2.17. The third kappa shape index (κ3) is 5.22. The molecular formula is C24H23BrClN3O. The Hall–Kier alpha value is -2.34. The topological polar surface area (TPSA) is 35.6 Å². The molecule has 0 spiro atoms. The molecule has 0 bridgehead atoms. The molecule has 4 rings (SSSR count). The average Bonchev–Trinajstić information content (AvgIpc) is 2.77. The largest absolute Gasteiger partial charge is 0.369 e. The van der Waals surface area contributed by atoms with E-state index in [9.17, 15) is 4.79 Å². The summed E-state index contributed by atoms with van der Waals surface area (Å²) < 4.78 is 0.818. The molecule has 1 aliphatic rings. The minimum absolute atomic E-state index is 0.219. The second-order valence-electron chi connectivity index (χ2n) is 7.37. The minimum Gasteiger partial charge on any atom is -0.369 e. The Balaban J connectivity index is 1.33. The van der Waals surface area contributed by atoms with Crippen molar-refractivity contribution in [2.45, 2.75) is 6.54 Å². The van der Waals surface area contributed by atoms with Crippen LogP contribution < -0.4 is 10.2 Å². The number of nitrogens with one attached hydrogen (secondary N) is 1. The van der Waals surface area contributed by atoms with Crippen molar-refractivity contribution in [1.82, 2.24) is 4.90 Å². The molecule has 3 aromatic carbocycles. The fourth-order valence-electron chi connectivity index (χ4n) is 3.63. The van der Waals surface area contributed by atoms with Crippen LogP contribution in [-0.2, 0) is 6.54 Å². The number of hydrogen-bond acceptors (Lipinski definition) is 3. The number of nitrogens with zero attached hydrogens (tertiary/aromatic N) is 2. The van der Waals surface area contributed by atoms with Crippen molar-refractivity contribution in [3.63, 3.8) is 0 Å². The summed E-state index contributed by atoms with van der Waals surface area (Å²) in [7, 11) is 0. The van der Waals surface area contributed by atoms with E-state index in [0.717, 1.165) is 42.9 Å². The van der Waals surface area contributed by atoms with Gasteiger partial charge in [-0.05, 0) is 48.0 Å². The van der Waals surface area contributed by atoms with E-state index in [1.807, 2.05) is 18.2 Å². The van der Waals surface area contributed by atoms with Gasteiger partial charge in [-0.1, -0.05) is 57.9 Å². The molecule has 0 radical (unpaired) electrons. The van der Waals surface area contributed by atoms with Gasteiger partial charge in [-0.3, -0.25) is 9.69 Å². The summed E-state index contributed by atoms with van der Waals surface area (Å²) >= 11 is 9.53. The summed E-state index contributed by atoms with van der Waals surface area (Å²) in [6, 6.07) is 23.9. The summed E-state index contributed by atoms with van der Waals surface area (Å²) in [5, 5.41) is 3.35. The number of anilines is 2. The van der Waals surface area contributed by atoms with Gasteiger partial charge < -0.3 is 10.2 Å². The quantitative estimate of drug-likeness (QED) is 0.506. The van der Waals surface area contributed by atoms with Crippen LogP contribution in [0, 0.1) is 0 Å².